The van der Waals surface area contributed by atoms with Gasteiger partial charge in [-0.25, -0.2) is 9.78 Å². The van der Waals surface area contributed by atoms with Crippen molar-refractivity contribution in [2.45, 2.75) is 31.7 Å². The third-order valence-electron chi connectivity index (χ3n) is 3.28. The summed E-state index contributed by atoms with van der Waals surface area (Å²) in [6.07, 6.45) is 6.28. The van der Waals surface area contributed by atoms with Gasteiger partial charge in [0.1, 0.15) is 0 Å². The Balaban J connectivity index is 1.80. The molecule has 104 valence electrons. The lowest BCUT2D eigenvalue weighted by Crippen LogP contribution is -2.35. The first-order valence-electron chi connectivity index (χ1n) is 6.70. The zero-order chi connectivity index (χ0) is 13.5. The fraction of sp³-hybridized carbons (Fsp3) is 0.571. The van der Waals surface area contributed by atoms with Crippen LogP contribution in [0.3, 0.4) is 0 Å². The van der Waals surface area contributed by atoms with Crippen LogP contribution in [0.1, 0.15) is 36.0 Å². The first kappa shape index (κ1) is 13.8. The van der Waals surface area contributed by atoms with Crippen LogP contribution in [0.25, 0.3) is 0 Å². The molecule has 19 heavy (non-hydrogen) atoms. The summed E-state index contributed by atoms with van der Waals surface area (Å²) in [5.41, 5.74) is 0.461. The van der Waals surface area contributed by atoms with Gasteiger partial charge in [-0.2, -0.15) is 0 Å². The molecule has 1 aliphatic rings. The Morgan fingerprint density at radius 1 is 1.53 bits per heavy atom. The maximum atomic E-state index is 11.4. The van der Waals surface area contributed by atoms with Crippen LogP contribution >= 0.6 is 0 Å². The average molecular weight is 264 g/mol. The second kappa shape index (κ2) is 7.09. The van der Waals surface area contributed by atoms with Crippen LogP contribution in [0.5, 0.6) is 5.88 Å². The van der Waals surface area contributed by atoms with Gasteiger partial charge in [-0.3, -0.25) is 0 Å². The summed E-state index contributed by atoms with van der Waals surface area (Å²) in [5, 5.41) is 3.47. The summed E-state index contributed by atoms with van der Waals surface area (Å²) in [6.45, 7) is 1.70. The number of carbonyl (C=O) groups is 1. The Labute approximate surface area is 113 Å². The molecule has 0 spiro atoms. The van der Waals surface area contributed by atoms with E-state index >= 15 is 0 Å². The van der Waals surface area contributed by atoms with E-state index in [0.29, 0.717) is 24.1 Å². The van der Waals surface area contributed by atoms with Gasteiger partial charge < -0.3 is 14.8 Å². The van der Waals surface area contributed by atoms with Gasteiger partial charge in [-0.1, -0.05) is 6.42 Å². The van der Waals surface area contributed by atoms with Gasteiger partial charge in [0.15, 0.2) is 0 Å². The van der Waals surface area contributed by atoms with E-state index in [2.05, 4.69) is 15.0 Å². The number of hydrogen-bond acceptors (Lipinski definition) is 5. The number of ether oxygens (including phenoxy) is 2. The quantitative estimate of drug-likeness (QED) is 0.821. The lowest BCUT2D eigenvalue weighted by Gasteiger charge is -2.23. The molecular formula is C14H20N2O3. The number of rotatable bonds is 5. The molecule has 2 rings (SSSR count). The Bertz CT molecular complexity index is 417. The Hall–Kier alpha value is -1.62. The summed E-state index contributed by atoms with van der Waals surface area (Å²) < 4.78 is 10.2. The Morgan fingerprint density at radius 3 is 3.16 bits per heavy atom. The summed E-state index contributed by atoms with van der Waals surface area (Å²) in [4.78, 5) is 15.5. The van der Waals surface area contributed by atoms with Crippen molar-refractivity contribution in [2.24, 2.45) is 0 Å². The summed E-state index contributed by atoms with van der Waals surface area (Å²) >= 11 is 0. The predicted octanol–water partition coefficient (Wildman–Crippen LogP) is 1.78. The molecule has 0 bridgehead atoms. The zero-order valence-corrected chi connectivity index (χ0v) is 11.2. The van der Waals surface area contributed by atoms with Crippen molar-refractivity contribution in [3.63, 3.8) is 0 Å². The smallest absolute Gasteiger partial charge is 0.338 e. The van der Waals surface area contributed by atoms with Crippen LogP contribution in [0.4, 0.5) is 0 Å². The van der Waals surface area contributed by atoms with Gasteiger partial charge in [-0.05, 0) is 31.9 Å². The zero-order valence-electron chi connectivity index (χ0n) is 11.2. The van der Waals surface area contributed by atoms with E-state index in [9.17, 15) is 4.79 Å². The normalized spacial score (nSPS) is 18.9. The molecule has 1 aromatic rings. The van der Waals surface area contributed by atoms with Crippen LogP contribution in [0.2, 0.25) is 0 Å². The number of hydrogen-bond donors (Lipinski definition) is 1. The van der Waals surface area contributed by atoms with Gasteiger partial charge in [-0.15, -0.1) is 0 Å². The second-order valence-corrected chi connectivity index (χ2v) is 4.66. The third-order valence-corrected chi connectivity index (χ3v) is 3.28. The minimum absolute atomic E-state index is 0.374. The molecule has 1 aromatic heterocycles. The average Bonchev–Trinajstić information content (AvgIpc) is 2.48. The maximum absolute atomic E-state index is 11.4. The largest absolute Gasteiger partial charge is 0.478 e. The van der Waals surface area contributed by atoms with Crippen molar-refractivity contribution >= 4 is 5.97 Å². The van der Waals surface area contributed by atoms with Crippen LogP contribution in [-0.2, 0) is 4.74 Å². The summed E-state index contributed by atoms with van der Waals surface area (Å²) in [7, 11) is 1.36. The van der Waals surface area contributed by atoms with Crippen molar-refractivity contribution < 1.29 is 14.3 Å². The van der Waals surface area contributed by atoms with Crippen molar-refractivity contribution in [2.75, 3.05) is 20.3 Å². The van der Waals surface area contributed by atoms with Gasteiger partial charge >= 0.3 is 5.97 Å². The summed E-state index contributed by atoms with van der Waals surface area (Å²) in [5.74, 6) is 0.0971. The predicted molar refractivity (Wildman–Crippen MR) is 71.3 cm³/mol. The van der Waals surface area contributed by atoms with Crippen molar-refractivity contribution in [3.8, 4) is 5.88 Å². The third kappa shape index (κ3) is 4.21. The number of nitrogens with one attached hydrogen (secondary N) is 1. The molecule has 0 aliphatic carbocycles. The molecule has 1 fully saturated rings. The van der Waals surface area contributed by atoms with Crippen molar-refractivity contribution in [3.05, 3.63) is 23.9 Å². The highest BCUT2D eigenvalue weighted by molar-refractivity contribution is 5.89. The fourth-order valence-electron chi connectivity index (χ4n) is 2.21. The number of carbonyl (C=O) groups excluding carboxylic acids is 1. The van der Waals surface area contributed by atoms with E-state index in [-0.39, 0.29) is 5.97 Å². The Kier molecular flexibility index (Phi) is 5.15. The molecule has 1 N–H and O–H groups in total. The van der Waals surface area contributed by atoms with Gasteiger partial charge in [0.25, 0.3) is 0 Å². The molecule has 0 aromatic carbocycles. The molecule has 2 heterocycles. The minimum atomic E-state index is -0.374. The highest BCUT2D eigenvalue weighted by Gasteiger charge is 2.12. The molecule has 1 aliphatic heterocycles. The van der Waals surface area contributed by atoms with Crippen LogP contribution in [0, 0.1) is 0 Å². The highest BCUT2D eigenvalue weighted by Crippen LogP contribution is 2.13. The number of esters is 1. The molecule has 5 nitrogen and oxygen atoms in total. The van der Waals surface area contributed by atoms with E-state index in [0.717, 1.165) is 13.0 Å². The molecule has 5 heteroatoms. The van der Waals surface area contributed by atoms with E-state index in [1.54, 1.807) is 18.3 Å². The minimum Gasteiger partial charge on any atom is -0.478 e. The number of methoxy groups -OCH3 is 1. The number of piperidine rings is 1. The first-order chi connectivity index (χ1) is 9.29. The monoisotopic (exact) mass is 264 g/mol. The van der Waals surface area contributed by atoms with Gasteiger partial charge in [0.05, 0.1) is 19.3 Å². The van der Waals surface area contributed by atoms with Gasteiger partial charge in [0.2, 0.25) is 5.88 Å². The molecule has 0 saturated carbocycles. The molecular weight excluding hydrogens is 244 g/mol. The maximum Gasteiger partial charge on any atom is 0.338 e. The standard InChI is InChI=1S/C14H20N2O3/c1-18-14(17)11-5-8-16-13(10-11)19-9-6-12-4-2-3-7-15-12/h5,8,10,12,15H,2-4,6-7,9H2,1H3. The molecule has 1 atom stereocenters. The van der Waals surface area contributed by atoms with Crippen molar-refractivity contribution in [1.82, 2.24) is 10.3 Å². The van der Waals surface area contributed by atoms with Crippen LogP contribution < -0.4 is 10.1 Å². The summed E-state index contributed by atoms with van der Waals surface area (Å²) in [6, 6.07) is 3.76. The SMILES string of the molecule is COC(=O)c1ccnc(OCCC2CCCCN2)c1. The van der Waals surface area contributed by atoms with Crippen LogP contribution in [0.15, 0.2) is 18.3 Å². The van der Waals surface area contributed by atoms with E-state index in [1.807, 2.05) is 0 Å². The molecule has 0 amide bonds. The lowest BCUT2D eigenvalue weighted by atomic mass is 10.0. The topological polar surface area (TPSA) is 60.5 Å². The molecule has 0 radical (unpaired) electrons. The number of nitrogens with zero attached hydrogens (tertiary/aromatic N) is 1. The lowest BCUT2D eigenvalue weighted by molar-refractivity contribution is 0.0600. The van der Waals surface area contributed by atoms with E-state index in [1.165, 1.54) is 26.4 Å². The first-order valence-corrected chi connectivity index (χ1v) is 6.70. The van der Waals surface area contributed by atoms with E-state index in [4.69, 9.17) is 4.74 Å². The number of pyridine rings is 1. The van der Waals surface area contributed by atoms with Crippen molar-refractivity contribution in [1.29, 1.82) is 0 Å². The Morgan fingerprint density at radius 2 is 2.42 bits per heavy atom. The molecule has 1 saturated heterocycles. The van der Waals surface area contributed by atoms with E-state index < -0.39 is 0 Å². The van der Waals surface area contributed by atoms with Crippen LogP contribution in [-0.4, -0.2) is 37.3 Å². The van der Waals surface area contributed by atoms with Gasteiger partial charge in [0, 0.05) is 18.3 Å². The second-order valence-electron chi connectivity index (χ2n) is 4.66. The molecule has 1 unspecified atom stereocenters. The highest BCUT2D eigenvalue weighted by atomic mass is 16.5. The number of aromatic nitrogens is 1. The fourth-order valence-corrected chi connectivity index (χ4v) is 2.21.